The summed E-state index contributed by atoms with van der Waals surface area (Å²) >= 11 is 0. The van der Waals surface area contributed by atoms with Crippen molar-refractivity contribution < 1.29 is 0 Å². The number of nitrogen functional groups attached to an aromatic ring is 2. The fraction of sp³-hybridized carbons (Fsp3) is 0.0952. The summed E-state index contributed by atoms with van der Waals surface area (Å²) in [4.78, 5) is 0. The molecule has 3 nitrogen and oxygen atoms in total. The van der Waals surface area contributed by atoms with Crippen molar-refractivity contribution in [1.29, 1.82) is 5.41 Å². The third-order valence-corrected chi connectivity index (χ3v) is 4.27. The number of allylic oxidation sites excluding steroid dienone is 5. The Labute approximate surface area is 154 Å². The van der Waals surface area contributed by atoms with Gasteiger partial charge in [-0.15, -0.1) is 12.4 Å². The Morgan fingerprint density at radius 2 is 1.52 bits per heavy atom. The number of benzene rings is 2. The van der Waals surface area contributed by atoms with E-state index in [1.807, 2.05) is 62.4 Å². The van der Waals surface area contributed by atoms with Gasteiger partial charge in [0.05, 0.1) is 5.71 Å². The summed E-state index contributed by atoms with van der Waals surface area (Å²) in [6.07, 6.45) is 5.89. The fourth-order valence-electron chi connectivity index (χ4n) is 2.80. The number of nitrogens with one attached hydrogen (secondary N) is 1. The van der Waals surface area contributed by atoms with Crippen LogP contribution >= 0.6 is 12.4 Å². The molecule has 4 heteroatoms. The average molecular weight is 352 g/mol. The van der Waals surface area contributed by atoms with E-state index < -0.39 is 0 Å². The predicted molar refractivity (Wildman–Crippen MR) is 110 cm³/mol. The van der Waals surface area contributed by atoms with E-state index in [-0.39, 0.29) is 12.4 Å². The number of halogens is 1. The van der Waals surface area contributed by atoms with Crippen LogP contribution in [0.5, 0.6) is 0 Å². The van der Waals surface area contributed by atoms with E-state index in [0.29, 0.717) is 5.71 Å². The van der Waals surface area contributed by atoms with Crippen LogP contribution in [-0.4, -0.2) is 5.71 Å². The Hall–Kier alpha value is -2.78. The van der Waals surface area contributed by atoms with Gasteiger partial charge in [-0.1, -0.05) is 24.3 Å². The van der Waals surface area contributed by atoms with Crippen molar-refractivity contribution in [3.63, 3.8) is 0 Å². The summed E-state index contributed by atoms with van der Waals surface area (Å²) < 4.78 is 0. The molecule has 0 aliphatic heterocycles. The molecule has 0 aromatic heterocycles. The van der Waals surface area contributed by atoms with E-state index in [0.717, 1.165) is 44.8 Å². The van der Waals surface area contributed by atoms with Crippen molar-refractivity contribution in [2.45, 2.75) is 13.8 Å². The van der Waals surface area contributed by atoms with Crippen molar-refractivity contribution in [1.82, 2.24) is 0 Å². The SMILES string of the molecule is CC1=C/C(=C(\c2ccc(N)cc2)c2ccc(N)c(C)c2)C=CC1=N.Cl. The number of hydrogen-bond donors (Lipinski definition) is 3. The highest BCUT2D eigenvalue weighted by Gasteiger charge is 2.13. The summed E-state index contributed by atoms with van der Waals surface area (Å²) in [5.41, 5.74) is 20.3. The van der Waals surface area contributed by atoms with Crippen LogP contribution in [0.3, 0.4) is 0 Å². The molecule has 5 N–H and O–H groups in total. The average Bonchev–Trinajstić information content (AvgIpc) is 2.56. The van der Waals surface area contributed by atoms with Gasteiger partial charge in [-0.2, -0.15) is 0 Å². The van der Waals surface area contributed by atoms with Crippen molar-refractivity contribution in [2.24, 2.45) is 0 Å². The number of anilines is 2. The van der Waals surface area contributed by atoms with Gasteiger partial charge in [0.25, 0.3) is 0 Å². The van der Waals surface area contributed by atoms with Gasteiger partial charge in [0, 0.05) is 11.4 Å². The van der Waals surface area contributed by atoms with E-state index in [9.17, 15) is 0 Å². The van der Waals surface area contributed by atoms with E-state index in [4.69, 9.17) is 16.9 Å². The lowest BCUT2D eigenvalue weighted by atomic mass is 9.88. The van der Waals surface area contributed by atoms with Gasteiger partial charge in [0.15, 0.2) is 0 Å². The third kappa shape index (κ3) is 3.83. The first kappa shape index (κ1) is 18.6. The quantitative estimate of drug-likeness (QED) is 0.672. The van der Waals surface area contributed by atoms with Crippen LogP contribution in [0.4, 0.5) is 11.4 Å². The molecule has 3 rings (SSSR count). The molecule has 2 aromatic rings. The Balaban J connectivity index is 0.00000225. The standard InChI is InChI=1S/C21H21N3.ClH/c1-13-11-16(5-9-19(13)23)21(15-3-7-18(22)8-4-15)17-6-10-20(24)14(2)12-17;/h3-12,23H,22,24H2,1-2H3;1H/b21-16+,23-19?;. The molecule has 25 heavy (non-hydrogen) atoms. The molecule has 0 bridgehead atoms. The second-order valence-electron chi connectivity index (χ2n) is 6.10. The molecule has 0 heterocycles. The van der Waals surface area contributed by atoms with E-state index in [2.05, 4.69) is 12.1 Å². The molecule has 0 atom stereocenters. The Kier molecular flexibility index (Phi) is 5.50. The molecule has 0 unspecified atom stereocenters. The minimum Gasteiger partial charge on any atom is -0.399 e. The van der Waals surface area contributed by atoms with Crippen LogP contribution in [0.25, 0.3) is 5.57 Å². The number of rotatable bonds is 2. The monoisotopic (exact) mass is 351 g/mol. The maximum absolute atomic E-state index is 7.91. The molecule has 1 aliphatic carbocycles. The molecule has 128 valence electrons. The normalized spacial score (nSPS) is 15.4. The van der Waals surface area contributed by atoms with E-state index in [1.54, 1.807) is 0 Å². The predicted octanol–water partition coefficient (Wildman–Crippen LogP) is 4.92. The van der Waals surface area contributed by atoms with Crippen LogP contribution in [0.15, 0.2) is 71.8 Å². The molecular formula is C21H22ClN3. The van der Waals surface area contributed by atoms with Crippen molar-refractivity contribution in [2.75, 3.05) is 11.5 Å². The summed E-state index contributed by atoms with van der Waals surface area (Å²) in [5.74, 6) is 0. The zero-order chi connectivity index (χ0) is 17.3. The second kappa shape index (κ2) is 7.41. The summed E-state index contributed by atoms with van der Waals surface area (Å²) in [7, 11) is 0. The van der Waals surface area contributed by atoms with Gasteiger partial charge in [0.1, 0.15) is 0 Å². The van der Waals surface area contributed by atoms with Crippen LogP contribution in [0.1, 0.15) is 23.6 Å². The van der Waals surface area contributed by atoms with Crippen molar-refractivity contribution in [3.8, 4) is 0 Å². The zero-order valence-corrected chi connectivity index (χ0v) is 15.2. The minimum absolute atomic E-state index is 0. The molecule has 0 amide bonds. The highest BCUT2D eigenvalue weighted by atomic mass is 35.5. The van der Waals surface area contributed by atoms with Crippen molar-refractivity contribution >= 4 is 35.1 Å². The molecule has 2 aromatic carbocycles. The first-order valence-corrected chi connectivity index (χ1v) is 7.87. The molecule has 0 spiro atoms. The zero-order valence-electron chi connectivity index (χ0n) is 14.3. The van der Waals surface area contributed by atoms with Gasteiger partial charge in [0.2, 0.25) is 0 Å². The summed E-state index contributed by atoms with van der Waals surface area (Å²) in [6.45, 7) is 3.97. The van der Waals surface area contributed by atoms with Crippen LogP contribution < -0.4 is 11.5 Å². The topological polar surface area (TPSA) is 75.9 Å². The number of aryl methyl sites for hydroxylation is 1. The number of nitrogens with two attached hydrogens (primary N) is 2. The largest absolute Gasteiger partial charge is 0.399 e. The summed E-state index contributed by atoms with van der Waals surface area (Å²) in [6, 6.07) is 14.0. The molecular weight excluding hydrogens is 330 g/mol. The number of hydrogen-bond acceptors (Lipinski definition) is 3. The lowest BCUT2D eigenvalue weighted by molar-refractivity contribution is 1.40. The molecule has 0 fully saturated rings. The molecule has 0 radical (unpaired) electrons. The smallest absolute Gasteiger partial charge is 0.0569 e. The fourth-order valence-corrected chi connectivity index (χ4v) is 2.80. The minimum atomic E-state index is 0. The maximum atomic E-state index is 7.91. The highest BCUT2D eigenvalue weighted by Crippen LogP contribution is 2.32. The van der Waals surface area contributed by atoms with Gasteiger partial charge in [-0.3, -0.25) is 0 Å². The third-order valence-electron chi connectivity index (χ3n) is 4.27. The second-order valence-corrected chi connectivity index (χ2v) is 6.10. The maximum Gasteiger partial charge on any atom is 0.0569 e. The van der Waals surface area contributed by atoms with Gasteiger partial charge in [-0.05, 0) is 83.7 Å². The van der Waals surface area contributed by atoms with Gasteiger partial charge < -0.3 is 16.9 Å². The lowest BCUT2D eigenvalue weighted by Gasteiger charge is -2.16. The van der Waals surface area contributed by atoms with Crippen LogP contribution in [-0.2, 0) is 0 Å². The van der Waals surface area contributed by atoms with Crippen molar-refractivity contribution in [3.05, 3.63) is 88.5 Å². The van der Waals surface area contributed by atoms with E-state index in [1.165, 1.54) is 0 Å². The lowest BCUT2D eigenvalue weighted by Crippen LogP contribution is -2.02. The van der Waals surface area contributed by atoms with Crippen LogP contribution in [0.2, 0.25) is 0 Å². The Morgan fingerprint density at radius 3 is 2.12 bits per heavy atom. The first-order valence-electron chi connectivity index (χ1n) is 7.87. The van der Waals surface area contributed by atoms with Gasteiger partial charge >= 0.3 is 0 Å². The Bertz CT molecular complexity index is 903. The molecule has 1 aliphatic rings. The van der Waals surface area contributed by atoms with Gasteiger partial charge in [-0.25, -0.2) is 0 Å². The van der Waals surface area contributed by atoms with E-state index >= 15 is 0 Å². The Morgan fingerprint density at radius 1 is 0.880 bits per heavy atom. The molecule has 0 saturated carbocycles. The summed E-state index contributed by atoms with van der Waals surface area (Å²) in [5, 5.41) is 7.91. The molecule has 0 saturated heterocycles. The van der Waals surface area contributed by atoms with Crippen LogP contribution in [0, 0.1) is 12.3 Å². The highest BCUT2D eigenvalue weighted by molar-refractivity contribution is 6.08. The first-order chi connectivity index (χ1) is 11.5.